The summed E-state index contributed by atoms with van der Waals surface area (Å²) in [5, 5.41) is 1.19. The molecule has 2 nitrogen and oxygen atoms in total. The lowest BCUT2D eigenvalue weighted by atomic mass is 9.91. The van der Waals surface area contributed by atoms with Gasteiger partial charge < -0.3 is 4.90 Å². The zero-order valence-electron chi connectivity index (χ0n) is 14.4. The first kappa shape index (κ1) is 16.5. The maximum absolute atomic E-state index is 12.8. The van der Waals surface area contributed by atoms with Gasteiger partial charge in [0.25, 0.3) is 0 Å². The molecule has 1 aromatic heterocycles. The number of thiophene rings is 1. The summed E-state index contributed by atoms with van der Waals surface area (Å²) in [6.45, 7) is 3.16. The molecule has 0 amide bonds. The van der Waals surface area contributed by atoms with E-state index in [-0.39, 0.29) is 5.92 Å². The van der Waals surface area contributed by atoms with Crippen molar-refractivity contribution in [3.05, 3.63) is 71.1 Å². The lowest BCUT2D eigenvalue weighted by Gasteiger charge is -2.31. The monoisotopic (exact) mass is 349 g/mol. The van der Waals surface area contributed by atoms with Crippen LogP contribution in [-0.4, -0.2) is 30.3 Å². The second kappa shape index (κ2) is 7.51. The molecule has 1 aliphatic rings. The topological polar surface area (TPSA) is 20.3 Å². The van der Waals surface area contributed by atoms with Gasteiger partial charge in [-0.2, -0.15) is 0 Å². The average Bonchev–Trinajstić information content (AvgIpc) is 3.11. The predicted octanol–water partition coefficient (Wildman–Crippen LogP) is 5.04. The smallest absolute Gasteiger partial charge is 0.175 e. The minimum absolute atomic E-state index is 0.195. The Kier molecular flexibility index (Phi) is 4.95. The van der Waals surface area contributed by atoms with Crippen LogP contribution in [0.25, 0.3) is 10.1 Å². The van der Waals surface area contributed by atoms with E-state index in [1.165, 1.54) is 15.6 Å². The van der Waals surface area contributed by atoms with Crippen LogP contribution in [0.2, 0.25) is 0 Å². The van der Waals surface area contributed by atoms with Gasteiger partial charge in [0.15, 0.2) is 5.78 Å². The SMILES string of the molecule is O=C(c1cc2ccccc2s1)C1CCN(CCc2ccccc2)CC1. The van der Waals surface area contributed by atoms with E-state index in [2.05, 4.69) is 53.4 Å². The average molecular weight is 349 g/mol. The van der Waals surface area contributed by atoms with Gasteiger partial charge in [0.05, 0.1) is 4.88 Å². The number of hydrogen-bond donors (Lipinski definition) is 0. The first-order valence-electron chi connectivity index (χ1n) is 9.09. The van der Waals surface area contributed by atoms with Crippen molar-refractivity contribution >= 4 is 27.2 Å². The largest absolute Gasteiger partial charge is 0.303 e. The van der Waals surface area contributed by atoms with E-state index in [0.717, 1.165) is 43.8 Å². The number of likely N-dealkylation sites (tertiary alicyclic amines) is 1. The molecule has 0 atom stereocenters. The highest BCUT2D eigenvalue weighted by Gasteiger charge is 2.26. The number of piperidine rings is 1. The highest BCUT2D eigenvalue weighted by molar-refractivity contribution is 7.20. The molecule has 3 aromatic rings. The Morgan fingerprint density at radius 3 is 2.48 bits per heavy atom. The summed E-state index contributed by atoms with van der Waals surface area (Å²) in [6, 6.07) is 21.0. The number of carbonyl (C=O) groups is 1. The standard InChI is InChI=1S/C22H23NOS/c24-22(21-16-19-8-4-5-9-20(19)25-21)18-11-14-23(15-12-18)13-10-17-6-2-1-3-7-17/h1-9,16,18H,10-15H2. The van der Waals surface area contributed by atoms with Crippen LogP contribution in [0, 0.1) is 5.92 Å². The Hall–Kier alpha value is -1.97. The van der Waals surface area contributed by atoms with Crippen LogP contribution in [0.1, 0.15) is 28.1 Å². The van der Waals surface area contributed by atoms with Gasteiger partial charge in [0.2, 0.25) is 0 Å². The van der Waals surface area contributed by atoms with Gasteiger partial charge in [-0.1, -0.05) is 48.5 Å². The fourth-order valence-electron chi connectivity index (χ4n) is 3.66. The second-order valence-electron chi connectivity index (χ2n) is 6.86. The Balaban J connectivity index is 1.32. The molecule has 0 aliphatic carbocycles. The van der Waals surface area contributed by atoms with Gasteiger partial charge in [-0.25, -0.2) is 0 Å². The second-order valence-corrected chi connectivity index (χ2v) is 7.95. The Morgan fingerprint density at radius 1 is 1.00 bits per heavy atom. The van der Waals surface area contributed by atoms with Crippen molar-refractivity contribution < 1.29 is 4.79 Å². The molecule has 2 heterocycles. The zero-order chi connectivity index (χ0) is 17.1. The van der Waals surface area contributed by atoms with Crippen LogP contribution in [0.15, 0.2) is 60.7 Å². The molecule has 0 spiro atoms. The van der Waals surface area contributed by atoms with Gasteiger partial charge in [0, 0.05) is 17.2 Å². The van der Waals surface area contributed by atoms with Gasteiger partial charge in [0.1, 0.15) is 0 Å². The van der Waals surface area contributed by atoms with E-state index in [4.69, 9.17) is 0 Å². The van der Waals surface area contributed by atoms with E-state index in [1.54, 1.807) is 11.3 Å². The summed E-state index contributed by atoms with van der Waals surface area (Å²) in [4.78, 5) is 16.3. The Morgan fingerprint density at radius 2 is 1.72 bits per heavy atom. The van der Waals surface area contributed by atoms with Gasteiger partial charge in [-0.05, 0) is 55.4 Å². The summed E-state index contributed by atoms with van der Waals surface area (Å²) in [5.41, 5.74) is 1.39. The van der Waals surface area contributed by atoms with Crippen molar-refractivity contribution in [3.63, 3.8) is 0 Å². The number of Topliss-reactive ketones (excluding diaryl/α,β-unsaturated/α-hetero) is 1. The summed E-state index contributed by atoms with van der Waals surface area (Å²) < 4.78 is 1.21. The number of nitrogens with zero attached hydrogens (tertiary/aromatic N) is 1. The Labute approximate surface area is 153 Å². The summed E-state index contributed by atoms with van der Waals surface area (Å²) in [7, 11) is 0. The van der Waals surface area contributed by atoms with Gasteiger partial charge >= 0.3 is 0 Å². The fourth-order valence-corrected chi connectivity index (χ4v) is 4.74. The first-order chi connectivity index (χ1) is 12.3. The number of carbonyl (C=O) groups excluding carboxylic acids is 1. The fraction of sp³-hybridized carbons (Fsp3) is 0.318. The third-order valence-corrected chi connectivity index (χ3v) is 6.32. The highest BCUT2D eigenvalue weighted by Crippen LogP contribution is 2.30. The molecule has 2 aromatic carbocycles. The minimum atomic E-state index is 0.195. The molecule has 0 radical (unpaired) electrons. The predicted molar refractivity (Wildman–Crippen MR) is 105 cm³/mol. The van der Waals surface area contributed by atoms with E-state index < -0.39 is 0 Å². The van der Waals surface area contributed by atoms with Crippen LogP contribution in [0.5, 0.6) is 0 Å². The molecule has 4 rings (SSSR count). The van der Waals surface area contributed by atoms with Gasteiger partial charge in [-0.15, -0.1) is 11.3 Å². The summed E-state index contributed by atoms with van der Waals surface area (Å²) in [6.07, 6.45) is 3.07. The number of fused-ring (bicyclic) bond motifs is 1. The van der Waals surface area contributed by atoms with Crippen LogP contribution in [-0.2, 0) is 6.42 Å². The van der Waals surface area contributed by atoms with E-state index >= 15 is 0 Å². The lowest BCUT2D eigenvalue weighted by Crippen LogP contribution is -2.37. The lowest BCUT2D eigenvalue weighted by molar-refractivity contribution is 0.0845. The number of rotatable bonds is 5. The van der Waals surface area contributed by atoms with Crippen LogP contribution in [0.4, 0.5) is 0 Å². The molecule has 128 valence electrons. The minimum Gasteiger partial charge on any atom is -0.303 e. The quantitative estimate of drug-likeness (QED) is 0.602. The summed E-state index contributed by atoms with van der Waals surface area (Å²) >= 11 is 1.64. The molecule has 0 N–H and O–H groups in total. The molecular formula is C22H23NOS. The van der Waals surface area contributed by atoms with Crippen LogP contribution in [0.3, 0.4) is 0 Å². The van der Waals surface area contributed by atoms with E-state index in [0.29, 0.717) is 5.78 Å². The summed E-state index contributed by atoms with van der Waals surface area (Å²) in [5.74, 6) is 0.546. The van der Waals surface area contributed by atoms with E-state index in [1.807, 2.05) is 12.1 Å². The molecule has 25 heavy (non-hydrogen) atoms. The molecule has 0 saturated carbocycles. The van der Waals surface area contributed by atoms with Crippen LogP contribution >= 0.6 is 11.3 Å². The van der Waals surface area contributed by atoms with Crippen LogP contribution < -0.4 is 0 Å². The molecule has 0 bridgehead atoms. The highest BCUT2D eigenvalue weighted by atomic mass is 32.1. The molecule has 1 aliphatic heterocycles. The van der Waals surface area contributed by atoms with Crippen molar-refractivity contribution in [1.29, 1.82) is 0 Å². The van der Waals surface area contributed by atoms with E-state index in [9.17, 15) is 4.79 Å². The molecule has 3 heteroatoms. The number of hydrogen-bond acceptors (Lipinski definition) is 3. The Bertz CT molecular complexity index is 814. The zero-order valence-corrected chi connectivity index (χ0v) is 15.2. The van der Waals surface area contributed by atoms with Crippen molar-refractivity contribution in [3.8, 4) is 0 Å². The maximum atomic E-state index is 12.8. The van der Waals surface area contributed by atoms with Crippen molar-refractivity contribution in [1.82, 2.24) is 4.90 Å². The third kappa shape index (κ3) is 3.83. The van der Waals surface area contributed by atoms with Crippen molar-refractivity contribution in [2.45, 2.75) is 19.3 Å². The number of benzene rings is 2. The van der Waals surface area contributed by atoms with Crippen molar-refractivity contribution in [2.75, 3.05) is 19.6 Å². The normalized spacial score (nSPS) is 16.3. The van der Waals surface area contributed by atoms with Gasteiger partial charge in [-0.3, -0.25) is 4.79 Å². The maximum Gasteiger partial charge on any atom is 0.175 e. The molecule has 1 saturated heterocycles. The third-order valence-electron chi connectivity index (χ3n) is 5.19. The molecular weight excluding hydrogens is 326 g/mol. The first-order valence-corrected chi connectivity index (χ1v) is 9.90. The molecule has 0 unspecified atom stereocenters. The van der Waals surface area contributed by atoms with Crippen molar-refractivity contribution in [2.24, 2.45) is 5.92 Å². The molecule has 1 fully saturated rings. The number of ketones is 1.